The molecular weight excluding hydrogens is 250 g/mol. The van der Waals surface area contributed by atoms with E-state index in [1.165, 1.54) is 0 Å². The number of nitrogens with zero attached hydrogens (tertiary/aromatic N) is 4. The molecule has 5 nitrogen and oxygen atoms in total. The quantitative estimate of drug-likeness (QED) is 0.788. The lowest BCUT2D eigenvalue weighted by Crippen LogP contribution is -2.07. The summed E-state index contributed by atoms with van der Waals surface area (Å²) in [7, 11) is 0. The van der Waals surface area contributed by atoms with Crippen molar-refractivity contribution in [2.24, 2.45) is 0 Å². The van der Waals surface area contributed by atoms with E-state index in [9.17, 15) is 0 Å². The van der Waals surface area contributed by atoms with Gasteiger partial charge in [-0.15, -0.1) is 0 Å². The van der Waals surface area contributed by atoms with Crippen molar-refractivity contribution >= 4 is 5.82 Å². The summed E-state index contributed by atoms with van der Waals surface area (Å²) in [5, 5.41) is 4.34. The normalized spacial score (nSPS) is 10.7. The van der Waals surface area contributed by atoms with E-state index >= 15 is 0 Å². The predicted octanol–water partition coefficient (Wildman–Crippen LogP) is 2.28. The van der Waals surface area contributed by atoms with Gasteiger partial charge in [0, 0.05) is 23.5 Å². The standard InChI is InChI=1S/C15H15N5/c1-11-7-14(16)19-15(18-11)10-20-9-13(8-17-20)12-5-3-2-4-6-12/h2-9H,10H2,1H3,(H2,16,18,19). The molecule has 2 aromatic heterocycles. The first kappa shape index (κ1) is 12.3. The molecule has 0 aliphatic rings. The molecule has 2 N–H and O–H groups in total. The largest absolute Gasteiger partial charge is 0.384 e. The minimum absolute atomic E-state index is 0.489. The van der Waals surface area contributed by atoms with Gasteiger partial charge in [-0.2, -0.15) is 5.10 Å². The number of aromatic nitrogens is 4. The van der Waals surface area contributed by atoms with Crippen LogP contribution >= 0.6 is 0 Å². The van der Waals surface area contributed by atoms with Crippen molar-refractivity contribution in [1.29, 1.82) is 0 Å². The van der Waals surface area contributed by atoms with Crippen LogP contribution in [0.3, 0.4) is 0 Å². The molecule has 0 atom stereocenters. The maximum Gasteiger partial charge on any atom is 0.152 e. The maximum atomic E-state index is 5.73. The average molecular weight is 265 g/mol. The molecule has 0 fully saturated rings. The summed E-state index contributed by atoms with van der Waals surface area (Å²) in [5.74, 6) is 1.16. The number of hydrogen-bond acceptors (Lipinski definition) is 4. The molecular formula is C15H15N5. The van der Waals surface area contributed by atoms with Crippen molar-refractivity contribution in [3.63, 3.8) is 0 Å². The number of anilines is 1. The molecule has 2 heterocycles. The van der Waals surface area contributed by atoms with Crippen LogP contribution < -0.4 is 5.73 Å². The Morgan fingerprint density at radius 3 is 2.65 bits per heavy atom. The van der Waals surface area contributed by atoms with Crippen LogP contribution in [-0.4, -0.2) is 19.7 Å². The van der Waals surface area contributed by atoms with Gasteiger partial charge in [0.25, 0.3) is 0 Å². The first-order valence-corrected chi connectivity index (χ1v) is 6.38. The molecule has 0 saturated heterocycles. The summed E-state index contributed by atoms with van der Waals surface area (Å²) < 4.78 is 1.82. The van der Waals surface area contributed by atoms with Gasteiger partial charge < -0.3 is 5.73 Å². The zero-order valence-electron chi connectivity index (χ0n) is 11.2. The molecule has 0 radical (unpaired) electrons. The average Bonchev–Trinajstić information content (AvgIpc) is 2.87. The number of hydrogen-bond donors (Lipinski definition) is 1. The fourth-order valence-corrected chi connectivity index (χ4v) is 2.10. The van der Waals surface area contributed by atoms with E-state index in [1.54, 1.807) is 6.07 Å². The van der Waals surface area contributed by atoms with Gasteiger partial charge in [-0.1, -0.05) is 30.3 Å². The van der Waals surface area contributed by atoms with Crippen molar-refractivity contribution in [2.75, 3.05) is 5.73 Å². The van der Waals surface area contributed by atoms with Crippen LogP contribution in [0.4, 0.5) is 5.82 Å². The van der Waals surface area contributed by atoms with Gasteiger partial charge in [-0.05, 0) is 12.5 Å². The van der Waals surface area contributed by atoms with E-state index in [0.29, 0.717) is 18.2 Å². The summed E-state index contributed by atoms with van der Waals surface area (Å²) in [6, 6.07) is 11.9. The summed E-state index contributed by atoms with van der Waals surface area (Å²) in [6.45, 7) is 2.42. The molecule has 0 bridgehead atoms. The van der Waals surface area contributed by atoms with E-state index in [-0.39, 0.29) is 0 Å². The van der Waals surface area contributed by atoms with Gasteiger partial charge in [0.1, 0.15) is 12.4 Å². The van der Waals surface area contributed by atoms with Crippen LogP contribution in [0.2, 0.25) is 0 Å². The van der Waals surface area contributed by atoms with Crippen LogP contribution in [-0.2, 0) is 6.54 Å². The minimum atomic E-state index is 0.489. The summed E-state index contributed by atoms with van der Waals surface area (Å²) in [5.41, 5.74) is 8.81. The molecule has 3 aromatic rings. The maximum absolute atomic E-state index is 5.73. The smallest absolute Gasteiger partial charge is 0.152 e. The van der Waals surface area contributed by atoms with Gasteiger partial charge >= 0.3 is 0 Å². The number of benzene rings is 1. The first-order valence-electron chi connectivity index (χ1n) is 6.38. The lowest BCUT2D eigenvalue weighted by molar-refractivity contribution is 0.654. The van der Waals surface area contributed by atoms with E-state index in [1.807, 2.05) is 42.2 Å². The predicted molar refractivity (Wildman–Crippen MR) is 77.9 cm³/mol. The lowest BCUT2D eigenvalue weighted by atomic mass is 10.1. The molecule has 0 aliphatic carbocycles. The fraction of sp³-hybridized carbons (Fsp3) is 0.133. The van der Waals surface area contributed by atoms with E-state index in [4.69, 9.17) is 5.73 Å². The third-order valence-electron chi connectivity index (χ3n) is 2.96. The van der Waals surface area contributed by atoms with Crippen LogP contribution in [0.15, 0.2) is 48.8 Å². The number of nitrogen functional groups attached to an aromatic ring is 1. The second-order valence-corrected chi connectivity index (χ2v) is 4.64. The Labute approximate surface area is 117 Å². The zero-order chi connectivity index (χ0) is 13.9. The van der Waals surface area contributed by atoms with Gasteiger partial charge in [0.2, 0.25) is 0 Å². The van der Waals surface area contributed by atoms with Crippen molar-refractivity contribution in [2.45, 2.75) is 13.5 Å². The monoisotopic (exact) mass is 265 g/mol. The lowest BCUT2D eigenvalue weighted by Gasteiger charge is -2.03. The Bertz CT molecular complexity index is 698. The summed E-state index contributed by atoms with van der Waals surface area (Å²) in [4.78, 5) is 8.58. The molecule has 0 saturated carbocycles. The Balaban J connectivity index is 1.84. The second-order valence-electron chi connectivity index (χ2n) is 4.64. The van der Waals surface area contributed by atoms with Crippen molar-refractivity contribution < 1.29 is 0 Å². The van der Waals surface area contributed by atoms with E-state index in [2.05, 4.69) is 27.2 Å². The number of rotatable bonds is 3. The summed E-state index contributed by atoms with van der Waals surface area (Å²) in [6.07, 6.45) is 3.83. The number of nitrogens with two attached hydrogens (primary N) is 1. The first-order chi connectivity index (χ1) is 9.70. The van der Waals surface area contributed by atoms with Crippen molar-refractivity contribution in [1.82, 2.24) is 19.7 Å². The van der Waals surface area contributed by atoms with Crippen LogP contribution in [0.5, 0.6) is 0 Å². The van der Waals surface area contributed by atoms with E-state index in [0.717, 1.165) is 16.8 Å². The van der Waals surface area contributed by atoms with Crippen molar-refractivity contribution in [3.05, 3.63) is 60.3 Å². The molecule has 0 amide bonds. The molecule has 100 valence electrons. The second kappa shape index (κ2) is 5.13. The Morgan fingerprint density at radius 2 is 1.90 bits per heavy atom. The molecule has 20 heavy (non-hydrogen) atoms. The zero-order valence-corrected chi connectivity index (χ0v) is 11.2. The number of aryl methyl sites for hydroxylation is 1. The van der Waals surface area contributed by atoms with Gasteiger partial charge in [0.05, 0.1) is 6.20 Å². The van der Waals surface area contributed by atoms with Gasteiger partial charge in [-0.3, -0.25) is 4.68 Å². The molecule has 5 heteroatoms. The topological polar surface area (TPSA) is 69.6 Å². The molecule has 0 unspecified atom stereocenters. The van der Waals surface area contributed by atoms with Crippen LogP contribution in [0, 0.1) is 6.92 Å². The highest BCUT2D eigenvalue weighted by Crippen LogP contribution is 2.17. The van der Waals surface area contributed by atoms with Crippen LogP contribution in [0.25, 0.3) is 11.1 Å². The third kappa shape index (κ3) is 2.66. The SMILES string of the molecule is Cc1cc(N)nc(Cn2cc(-c3ccccc3)cn2)n1. The van der Waals surface area contributed by atoms with Crippen LogP contribution in [0.1, 0.15) is 11.5 Å². The van der Waals surface area contributed by atoms with Gasteiger partial charge in [0.15, 0.2) is 5.82 Å². The summed E-state index contributed by atoms with van der Waals surface area (Å²) >= 11 is 0. The molecule has 0 aliphatic heterocycles. The Hall–Kier alpha value is -2.69. The highest BCUT2D eigenvalue weighted by atomic mass is 15.3. The van der Waals surface area contributed by atoms with E-state index < -0.39 is 0 Å². The fourth-order valence-electron chi connectivity index (χ4n) is 2.10. The molecule has 0 spiro atoms. The molecule has 1 aromatic carbocycles. The minimum Gasteiger partial charge on any atom is -0.384 e. The molecule has 3 rings (SSSR count). The third-order valence-corrected chi connectivity index (χ3v) is 2.96. The highest BCUT2D eigenvalue weighted by Gasteiger charge is 2.05. The Kier molecular flexibility index (Phi) is 3.16. The van der Waals surface area contributed by atoms with Gasteiger partial charge in [-0.25, -0.2) is 9.97 Å². The Morgan fingerprint density at radius 1 is 1.10 bits per heavy atom. The highest BCUT2D eigenvalue weighted by molar-refractivity contribution is 5.61. The van der Waals surface area contributed by atoms with Crippen molar-refractivity contribution in [3.8, 4) is 11.1 Å².